The molecule has 7 heteroatoms. The molecule has 1 heterocycles. The second-order valence-electron chi connectivity index (χ2n) is 6.80. The number of hydrogen-bond donors (Lipinski definition) is 2. The van der Waals surface area contributed by atoms with Crippen LogP contribution in [0, 0.1) is 0 Å². The number of unbranched alkanes of at least 4 members (excludes halogenated alkanes) is 2. The molecule has 0 radical (unpaired) electrons. The minimum Gasteiger partial charge on any atom is -0.349 e. The quantitative estimate of drug-likeness (QED) is 0.382. The van der Waals surface area contributed by atoms with Gasteiger partial charge in [-0.25, -0.2) is 4.98 Å². The lowest BCUT2D eigenvalue weighted by Gasteiger charge is -2.06. The van der Waals surface area contributed by atoms with Crippen molar-refractivity contribution in [1.82, 2.24) is 15.3 Å². The SMILES string of the molecule is CCCCCNC(=O)c1nc(-c2ccc(Cl)cc2Cl)c(Cc2ccc(Cl)cc2)[nH]1. The number of imidazole rings is 1. The summed E-state index contributed by atoms with van der Waals surface area (Å²) in [6, 6.07) is 12.8. The van der Waals surface area contributed by atoms with E-state index in [-0.39, 0.29) is 11.7 Å². The second kappa shape index (κ2) is 10.1. The molecule has 0 fully saturated rings. The summed E-state index contributed by atoms with van der Waals surface area (Å²) in [4.78, 5) is 20.3. The molecule has 0 bridgehead atoms. The first-order chi connectivity index (χ1) is 14.0. The molecule has 1 amide bonds. The molecule has 0 spiro atoms. The van der Waals surface area contributed by atoms with Crippen LogP contribution in [-0.2, 0) is 6.42 Å². The fourth-order valence-electron chi connectivity index (χ4n) is 3.02. The molecule has 3 aromatic rings. The van der Waals surface area contributed by atoms with Crippen LogP contribution in [-0.4, -0.2) is 22.4 Å². The number of carbonyl (C=O) groups excluding carboxylic acids is 1. The minimum absolute atomic E-state index is 0.227. The highest BCUT2D eigenvalue weighted by Crippen LogP contribution is 2.32. The molecule has 4 nitrogen and oxygen atoms in total. The van der Waals surface area contributed by atoms with Crippen LogP contribution in [0.5, 0.6) is 0 Å². The number of rotatable bonds is 8. The molecule has 2 N–H and O–H groups in total. The van der Waals surface area contributed by atoms with E-state index in [2.05, 4.69) is 22.2 Å². The Hall–Kier alpha value is -2.01. The van der Waals surface area contributed by atoms with Gasteiger partial charge in [0, 0.05) is 34.3 Å². The first-order valence-corrected chi connectivity index (χ1v) is 10.7. The second-order valence-corrected chi connectivity index (χ2v) is 8.08. The Balaban J connectivity index is 1.92. The highest BCUT2D eigenvalue weighted by Gasteiger charge is 2.19. The lowest BCUT2D eigenvalue weighted by atomic mass is 10.0. The molecule has 0 saturated heterocycles. The van der Waals surface area contributed by atoms with Crippen molar-refractivity contribution in [2.75, 3.05) is 6.54 Å². The van der Waals surface area contributed by atoms with E-state index >= 15 is 0 Å². The Morgan fingerprint density at radius 2 is 1.76 bits per heavy atom. The third-order valence-corrected chi connectivity index (χ3v) is 5.34. The third-order valence-electron chi connectivity index (χ3n) is 4.54. The van der Waals surface area contributed by atoms with Gasteiger partial charge < -0.3 is 10.3 Å². The number of nitrogens with one attached hydrogen (secondary N) is 2. The summed E-state index contributed by atoms with van der Waals surface area (Å²) in [5.41, 5.74) is 3.20. The highest BCUT2D eigenvalue weighted by molar-refractivity contribution is 6.36. The molecule has 29 heavy (non-hydrogen) atoms. The van der Waals surface area contributed by atoms with Gasteiger partial charge in [0.2, 0.25) is 0 Å². The predicted octanol–water partition coefficient (Wildman–Crippen LogP) is 6.55. The van der Waals surface area contributed by atoms with Crippen molar-refractivity contribution < 1.29 is 4.79 Å². The highest BCUT2D eigenvalue weighted by atomic mass is 35.5. The number of nitrogens with zero attached hydrogens (tertiary/aromatic N) is 1. The van der Waals surface area contributed by atoms with Gasteiger partial charge in [0.1, 0.15) is 0 Å². The number of benzene rings is 2. The van der Waals surface area contributed by atoms with Crippen LogP contribution < -0.4 is 5.32 Å². The molecule has 0 aliphatic carbocycles. The summed E-state index contributed by atoms with van der Waals surface area (Å²) in [6.07, 6.45) is 3.67. The van der Waals surface area contributed by atoms with Crippen molar-refractivity contribution in [2.24, 2.45) is 0 Å². The summed E-state index contributed by atoms with van der Waals surface area (Å²) < 4.78 is 0. The van der Waals surface area contributed by atoms with Crippen LogP contribution in [0.15, 0.2) is 42.5 Å². The molecule has 0 unspecified atom stereocenters. The van der Waals surface area contributed by atoms with E-state index in [1.807, 2.05) is 30.3 Å². The van der Waals surface area contributed by atoms with Gasteiger partial charge in [-0.3, -0.25) is 4.79 Å². The van der Waals surface area contributed by atoms with Crippen LogP contribution in [0.25, 0.3) is 11.3 Å². The standard InChI is InChI=1S/C22H22Cl3N3O/c1-2-3-4-11-26-22(29)21-27-19(12-14-5-7-15(23)8-6-14)20(28-21)17-10-9-16(24)13-18(17)25/h5-10,13H,2-4,11-12H2,1H3,(H,26,29)(H,27,28). The monoisotopic (exact) mass is 449 g/mol. The average Bonchev–Trinajstić information content (AvgIpc) is 3.10. The summed E-state index contributed by atoms with van der Waals surface area (Å²) >= 11 is 18.4. The zero-order chi connectivity index (χ0) is 20.8. The smallest absolute Gasteiger partial charge is 0.287 e. The van der Waals surface area contributed by atoms with E-state index in [0.717, 1.165) is 36.1 Å². The van der Waals surface area contributed by atoms with Gasteiger partial charge in [-0.1, -0.05) is 66.7 Å². The molecule has 2 aromatic carbocycles. The summed E-state index contributed by atoms with van der Waals surface area (Å²) in [5.74, 6) is 0.0428. The van der Waals surface area contributed by atoms with Crippen molar-refractivity contribution in [3.8, 4) is 11.3 Å². The molecule has 0 aliphatic heterocycles. The lowest BCUT2D eigenvalue weighted by Crippen LogP contribution is -2.25. The van der Waals surface area contributed by atoms with Crippen LogP contribution >= 0.6 is 34.8 Å². The lowest BCUT2D eigenvalue weighted by molar-refractivity contribution is 0.0943. The molecule has 0 aliphatic rings. The van der Waals surface area contributed by atoms with E-state index in [4.69, 9.17) is 34.8 Å². The molecule has 3 rings (SSSR count). The molecular formula is C22H22Cl3N3O. The third kappa shape index (κ3) is 5.75. The van der Waals surface area contributed by atoms with Gasteiger partial charge in [-0.05, 0) is 42.3 Å². The maximum absolute atomic E-state index is 12.6. The number of H-pyrrole nitrogens is 1. The summed E-state index contributed by atoms with van der Waals surface area (Å²) in [7, 11) is 0. The first-order valence-electron chi connectivity index (χ1n) is 9.55. The Labute approximate surface area is 185 Å². The van der Waals surface area contributed by atoms with Crippen molar-refractivity contribution >= 4 is 40.7 Å². The van der Waals surface area contributed by atoms with Gasteiger partial charge in [0.05, 0.1) is 10.7 Å². The van der Waals surface area contributed by atoms with E-state index in [9.17, 15) is 4.79 Å². The predicted molar refractivity (Wildman–Crippen MR) is 120 cm³/mol. The van der Waals surface area contributed by atoms with Crippen LogP contribution in [0.1, 0.15) is 48.1 Å². The van der Waals surface area contributed by atoms with E-state index in [0.29, 0.717) is 33.7 Å². The van der Waals surface area contributed by atoms with Gasteiger partial charge in [0.15, 0.2) is 5.82 Å². The number of amides is 1. The molecule has 1 aromatic heterocycles. The number of aromatic amines is 1. The zero-order valence-corrected chi connectivity index (χ0v) is 18.3. The number of carbonyl (C=O) groups is 1. The van der Waals surface area contributed by atoms with Crippen LogP contribution in [0.2, 0.25) is 15.1 Å². The molecular weight excluding hydrogens is 429 g/mol. The van der Waals surface area contributed by atoms with Gasteiger partial charge in [-0.15, -0.1) is 0 Å². The normalized spacial score (nSPS) is 10.9. The maximum Gasteiger partial charge on any atom is 0.287 e. The van der Waals surface area contributed by atoms with Crippen molar-refractivity contribution in [3.05, 3.63) is 74.6 Å². The first kappa shape index (κ1) is 21.7. The molecule has 0 saturated carbocycles. The number of hydrogen-bond acceptors (Lipinski definition) is 2. The zero-order valence-electron chi connectivity index (χ0n) is 16.1. The Kier molecular flexibility index (Phi) is 7.59. The van der Waals surface area contributed by atoms with Crippen LogP contribution in [0.3, 0.4) is 0 Å². The number of halogens is 3. The van der Waals surface area contributed by atoms with Gasteiger partial charge >= 0.3 is 0 Å². The molecule has 0 atom stereocenters. The average molecular weight is 451 g/mol. The van der Waals surface area contributed by atoms with E-state index in [1.54, 1.807) is 12.1 Å². The van der Waals surface area contributed by atoms with Gasteiger partial charge in [-0.2, -0.15) is 0 Å². The Morgan fingerprint density at radius 3 is 2.45 bits per heavy atom. The topological polar surface area (TPSA) is 57.8 Å². The summed E-state index contributed by atoms with van der Waals surface area (Å²) in [5, 5.41) is 4.62. The Bertz CT molecular complexity index is 983. The summed E-state index contributed by atoms with van der Waals surface area (Å²) in [6.45, 7) is 2.75. The number of aromatic nitrogens is 2. The minimum atomic E-state index is -0.227. The van der Waals surface area contributed by atoms with E-state index < -0.39 is 0 Å². The van der Waals surface area contributed by atoms with E-state index in [1.165, 1.54) is 0 Å². The van der Waals surface area contributed by atoms with Crippen LogP contribution in [0.4, 0.5) is 0 Å². The maximum atomic E-state index is 12.6. The Morgan fingerprint density at radius 1 is 1.03 bits per heavy atom. The fourth-order valence-corrected chi connectivity index (χ4v) is 3.64. The van der Waals surface area contributed by atoms with Crippen molar-refractivity contribution in [3.63, 3.8) is 0 Å². The molecule has 152 valence electrons. The largest absolute Gasteiger partial charge is 0.349 e. The van der Waals surface area contributed by atoms with Gasteiger partial charge in [0.25, 0.3) is 5.91 Å². The van der Waals surface area contributed by atoms with Crippen molar-refractivity contribution in [1.29, 1.82) is 0 Å². The van der Waals surface area contributed by atoms with Crippen molar-refractivity contribution in [2.45, 2.75) is 32.6 Å². The fraction of sp³-hybridized carbons (Fsp3) is 0.273.